The predicted octanol–water partition coefficient (Wildman–Crippen LogP) is 0.721. The van der Waals surface area contributed by atoms with Crippen LogP contribution in [-0.2, 0) is 9.84 Å². The van der Waals surface area contributed by atoms with Crippen LogP contribution in [0, 0.1) is 11.8 Å². The molecule has 0 unspecified atom stereocenters. The van der Waals surface area contributed by atoms with Gasteiger partial charge in [0.15, 0.2) is 14.9 Å². The van der Waals surface area contributed by atoms with Crippen molar-refractivity contribution in [3.63, 3.8) is 0 Å². The summed E-state index contributed by atoms with van der Waals surface area (Å²) in [4.78, 5) is 0. The van der Waals surface area contributed by atoms with Crippen molar-refractivity contribution in [1.29, 1.82) is 0 Å². The Morgan fingerprint density at radius 3 is 2.65 bits per heavy atom. The standard InChI is InChI=1S/C13H23N3O2S2/c1-13(4-5-20(17,18)8-13)16-15-12(19)14-11-7-9-2-3-10(11)6-9/h9-11,16H,2-8H2,1H3,(H2,14,15,19)/t9-,10-,11+,13-/m0/s1. The number of thiocarbonyl (C=S) groups is 1. The molecule has 7 heteroatoms. The van der Waals surface area contributed by atoms with Crippen molar-refractivity contribution in [3.8, 4) is 0 Å². The van der Waals surface area contributed by atoms with Crippen molar-refractivity contribution in [3.05, 3.63) is 0 Å². The number of hydrazine groups is 1. The zero-order valence-electron chi connectivity index (χ0n) is 11.8. The Morgan fingerprint density at radius 1 is 1.30 bits per heavy atom. The van der Waals surface area contributed by atoms with Crippen molar-refractivity contribution in [2.24, 2.45) is 11.8 Å². The van der Waals surface area contributed by atoms with E-state index in [0.717, 1.165) is 11.8 Å². The molecule has 2 aliphatic carbocycles. The molecule has 1 saturated heterocycles. The van der Waals surface area contributed by atoms with Gasteiger partial charge in [0.2, 0.25) is 0 Å². The third kappa shape index (κ3) is 3.09. The third-order valence-electron chi connectivity index (χ3n) is 5.04. The van der Waals surface area contributed by atoms with Gasteiger partial charge in [0.1, 0.15) is 0 Å². The molecule has 3 aliphatic rings. The van der Waals surface area contributed by atoms with E-state index >= 15 is 0 Å². The summed E-state index contributed by atoms with van der Waals surface area (Å²) in [5, 5.41) is 3.97. The van der Waals surface area contributed by atoms with Gasteiger partial charge in [-0.1, -0.05) is 6.42 Å². The molecule has 0 aromatic carbocycles. The highest BCUT2D eigenvalue weighted by atomic mass is 32.2. The van der Waals surface area contributed by atoms with Crippen LogP contribution < -0.4 is 16.2 Å². The molecule has 1 heterocycles. The van der Waals surface area contributed by atoms with Gasteiger partial charge in [-0.05, 0) is 56.7 Å². The molecule has 5 nitrogen and oxygen atoms in total. The smallest absolute Gasteiger partial charge is 0.181 e. The second-order valence-electron chi connectivity index (χ2n) is 6.91. The quantitative estimate of drug-likeness (QED) is 0.526. The molecule has 2 saturated carbocycles. The Kier molecular flexibility index (Phi) is 3.71. The summed E-state index contributed by atoms with van der Waals surface area (Å²) >= 11 is 5.31. The van der Waals surface area contributed by atoms with E-state index < -0.39 is 15.4 Å². The molecule has 0 aromatic rings. The van der Waals surface area contributed by atoms with E-state index in [9.17, 15) is 8.42 Å². The molecule has 0 radical (unpaired) electrons. The van der Waals surface area contributed by atoms with E-state index in [1.165, 1.54) is 25.7 Å². The lowest BCUT2D eigenvalue weighted by atomic mass is 9.96. The van der Waals surface area contributed by atoms with E-state index in [-0.39, 0.29) is 11.5 Å². The summed E-state index contributed by atoms with van der Waals surface area (Å²) in [6, 6.07) is 0.496. The summed E-state index contributed by atoms with van der Waals surface area (Å²) < 4.78 is 23.1. The van der Waals surface area contributed by atoms with E-state index in [2.05, 4.69) is 16.2 Å². The summed E-state index contributed by atoms with van der Waals surface area (Å²) in [5.74, 6) is 2.07. The average Bonchev–Trinajstić information content (AvgIpc) is 3.02. The Labute approximate surface area is 126 Å². The second-order valence-corrected chi connectivity index (χ2v) is 9.50. The molecule has 4 atom stereocenters. The molecular formula is C13H23N3O2S2. The molecule has 0 amide bonds. The second kappa shape index (κ2) is 5.10. The number of sulfone groups is 1. The highest BCUT2D eigenvalue weighted by Crippen LogP contribution is 2.44. The van der Waals surface area contributed by atoms with E-state index in [1.807, 2.05) is 6.92 Å². The fourth-order valence-electron chi connectivity index (χ4n) is 3.94. The maximum atomic E-state index is 11.5. The summed E-state index contributed by atoms with van der Waals surface area (Å²) in [6.07, 6.45) is 5.87. The number of hydrogen-bond donors (Lipinski definition) is 3. The zero-order chi connectivity index (χ0) is 14.4. The van der Waals surface area contributed by atoms with Gasteiger partial charge >= 0.3 is 0 Å². The number of fused-ring (bicyclic) bond motifs is 2. The zero-order valence-corrected chi connectivity index (χ0v) is 13.4. The summed E-state index contributed by atoms with van der Waals surface area (Å²) in [7, 11) is -2.90. The monoisotopic (exact) mass is 317 g/mol. The van der Waals surface area contributed by atoms with Crippen LogP contribution in [0.2, 0.25) is 0 Å². The molecular weight excluding hydrogens is 294 g/mol. The topological polar surface area (TPSA) is 70.2 Å². The van der Waals surface area contributed by atoms with Gasteiger partial charge < -0.3 is 5.32 Å². The first kappa shape index (κ1) is 14.5. The largest absolute Gasteiger partial charge is 0.359 e. The molecule has 1 aliphatic heterocycles. The fourth-order valence-corrected chi connectivity index (χ4v) is 6.24. The lowest BCUT2D eigenvalue weighted by molar-refractivity contribution is 0.361. The van der Waals surface area contributed by atoms with Crippen molar-refractivity contribution in [1.82, 2.24) is 16.2 Å². The van der Waals surface area contributed by atoms with Crippen molar-refractivity contribution in [2.45, 2.75) is 50.6 Å². The molecule has 2 bridgehead atoms. The van der Waals surface area contributed by atoms with Crippen LogP contribution in [0.1, 0.15) is 39.0 Å². The van der Waals surface area contributed by atoms with Crippen molar-refractivity contribution >= 4 is 27.2 Å². The van der Waals surface area contributed by atoms with Gasteiger partial charge in [0.05, 0.1) is 11.5 Å². The first-order valence-electron chi connectivity index (χ1n) is 7.39. The van der Waals surface area contributed by atoms with Crippen LogP contribution >= 0.6 is 12.2 Å². The highest BCUT2D eigenvalue weighted by molar-refractivity contribution is 7.91. The lowest BCUT2D eigenvalue weighted by Gasteiger charge is -2.28. The maximum absolute atomic E-state index is 11.5. The van der Waals surface area contributed by atoms with E-state index in [4.69, 9.17) is 12.2 Å². The molecule has 0 spiro atoms. The van der Waals surface area contributed by atoms with Gasteiger partial charge in [0, 0.05) is 11.6 Å². The Hall–Kier alpha value is -0.400. The minimum absolute atomic E-state index is 0.170. The van der Waals surface area contributed by atoms with E-state index in [0.29, 0.717) is 17.6 Å². The van der Waals surface area contributed by atoms with Crippen LogP contribution in [0.5, 0.6) is 0 Å². The maximum Gasteiger partial charge on any atom is 0.181 e. The van der Waals surface area contributed by atoms with Gasteiger partial charge in [-0.2, -0.15) is 0 Å². The molecule has 114 valence electrons. The van der Waals surface area contributed by atoms with Crippen molar-refractivity contribution < 1.29 is 8.42 Å². The lowest BCUT2D eigenvalue weighted by Crippen LogP contribution is -2.57. The average molecular weight is 317 g/mol. The molecule has 20 heavy (non-hydrogen) atoms. The van der Waals surface area contributed by atoms with Crippen LogP contribution in [0.15, 0.2) is 0 Å². The first-order valence-corrected chi connectivity index (χ1v) is 9.62. The summed E-state index contributed by atoms with van der Waals surface area (Å²) in [5.41, 5.74) is 5.68. The normalized spacial score (nSPS) is 41.8. The predicted molar refractivity (Wildman–Crippen MR) is 82.9 cm³/mol. The van der Waals surface area contributed by atoms with Crippen LogP contribution in [0.25, 0.3) is 0 Å². The van der Waals surface area contributed by atoms with Crippen molar-refractivity contribution in [2.75, 3.05) is 11.5 Å². The number of nitrogens with one attached hydrogen (secondary N) is 3. The van der Waals surface area contributed by atoms with Crippen LogP contribution in [-0.4, -0.2) is 36.6 Å². The van der Waals surface area contributed by atoms with Gasteiger partial charge in [0.25, 0.3) is 0 Å². The summed E-state index contributed by atoms with van der Waals surface area (Å²) in [6.45, 7) is 1.92. The Bertz CT molecular complexity index is 508. The Balaban J connectivity index is 1.46. The molecule has 3 rings (SSSR count). The third-order valence-corrected chi connectivity index (χ3v) is 7.16. The SMILES string of the molecule is C[C@]1(NNC(=S)N[C@@H]2C[C@H]3CC[C@H]2C3)CCS(=O)(=O)C1. The first-order chi connectivity index (χ1) is 9.35. The molecule has 3 N–H and O–H groups in total. The minimum Gasteiger partial charge on any atom is -0.359 e. The highest BCUT2D eigenvalue weighted by Gasteiger charge is 2.40. The van der Waals surface area contributed by atoms with Gasteiger partial charge in [-0.3, -0.25) is 5.43 Å². The Morgan fingerprint density at radius 2 is 2.10 bits per heavy atom. The van der Waals surface area contributed by atoms with Gasteiger partial charge in [-0.25, -0.2) is 13.8 Å². The number of rotatable bonds is 3. The van der Waals surface area contributed by atoms with E-state index in [1.54, 1.807) is 0 Å². The van der Waals surface area contributed by atoms with Gasteiger partial charge in [-0.15, -0.1) is 0 Å². The fraction of sp³-hybridized carbons (Fsp3) is 0.923. The number of hydrogen-bond acceptors (Lipinski definition) is 4. The van der Waals surface area contributed by atoms with Crippen LogP contribution in [0.3, 0.4) is 0 Å². The molecule has 0 aromatic heterocycles. The minimum atomic E-state index is -2.90. The molecule has 3 fully saturated rings. The van der Waals surface area contributed by atoms with Crippen LogP contribution in [0.4, 0.5) is 0 Å².